The Labute approximate surface area is 387 Å². The van der Waals surface area contributed by atoms with Crippen molar-refractivity contribution in [1.82, 2.24) is 9.97 Å². The Morgan fingerprint density at radius 2 is 1.12 bits per heavy atom. The van der Waals surface area contributed by atoms with E-state index in [0.29, 0.717) is 26.6 Å². The molecule has 6 aromatic rings. The van der Waals surface area contributed by atoms with Gasteiger partial charge in [-0.25, -0.2) is 9.59 Å². The molecule has 4 aromatic heterocycles. The second kappa shape index (κ2) is 21.2. The molecular weight excluding hydrogens is 917 g/mol. The molecule has 0 aliphatic heterocycles. The first-order valence-electron chi connectivity index (χ1n) is 21.5. The van der Waals surface area contributed by atoms with E-state index < -0.39 is 25.9 Å². The minimum absolute atomic E-state index is 0.0359. The zero-order valence-electron chi connectivity index (χ0n) is 36.5. The molecule has 2 saturated carbocycles. The molecule has 0 amide bonds. The molecule has 0 radical (unpaired) electrons. The summed E-state index contributed by atoms with van der Waals surface area (Å²) in [5.41, 5.74) is 5.84. The van der Waals surface area contributed by atoms with E-state index in [1.165, 1.54) is 55.4 Å². The molecule has 0 saturated heterocycles. The molecule has 352 valence electrons. The van der Waals surface area contributed by atoms with E-state index in [4.69, 9.17) is 23.1 Å². The van der Waals surface area contributed by atoms with E-state index >= 15 is 0 Å². The number of nitro groups is 2. The van der Waals surface area contributed by atoms with Gasteiger partial charge in [-0.15, -0.1) is 22.7 Å². The molecule has 0 unspecified atom stereocenters. The van der Waals surface area contributed by atoms with Crippen LogP contribution in [-0.4, -0.2) is 92.2 Å². The number of H-pyrrole nitrogens is 2. The number of methoxy groups -OCH3 is 2. The molecule has 2 aliphatic carbocycles. The van der Waals surface area contributed by atoms with Gasteiger partial charge in [0.2, 0.25) is 11.5 Å². The highest BCUT2D eigenvalue weighted by molar-refractivity contribution is 7.86. The van der Waals surface area contributed by atoms with Gasteiger partial charge in [0.15, 0.2) is 0 Å². The van der Waals surface area contributed by atoms with Crippen molar-refractivity contribution in [3.63, 3.8) is 0 Å². The van der Waals surface area contributed by atoms with Crippen molar-refractivity contribution in [2.24, 2.45) is 0 Å². The Kier molecular flexibility index (Phi) is 15.4. The monoisotopic (exact) mass is 966 g/mol. The molecule has 0 spiro atoms. The lowest BCUT2D eigenvalue weighted by molar-refractivity contribution is -0.386. The van der Waals surface area contributed by atoms with Crippen molar-refractivity contribution >= 4 is 76.5 Å². The fraction of sp³-hybridized carbons (Fsp3) is 0.422. The van der Waals surface area contributed by atoms with E-state index in [1.807, 2.05) is 0 Å². The number of aliphatic hydroxyl groups is 1. The number of hydrogen-bond donors (Lipinski definition) is 3. The summed E-state index contributed by atoms with van der Waals surface area (Å²) in [5.74, 6) is -0.118. The lowest BCUT2D eigenvalue weighted by Crippen LogP contribution is -2.12. The SMILES string of the molecule is COC(=O)c1cc2[nH]c(-c3cccc([N+](=O)[O-])c3OCCO)c(C3CCCCC3)c2s1.COC(=O)c1cc2[nH]c(-c3cccc([N+](=O)[O-])c3OCCOS(C)(=O)=O)c(C3CCCCC3)c2s1. The first kappa shape index (κ1) is 48.1. The van der Waals surface area contributed by atoms with Crippen molar-refractivity contribution in [3.8, 4) is 34.0 Å². The number of carbonyl (C=O) groups excluding carboxylic acids is 2. The first-order valence-corrected chi connectivity index (χ1v) is 24.9. The van der Waals surface area contributed by atoms with E-state index in [-0.39, 0.29) is 67.1 Å². The number of ether oxygens (including phenoxy) is 4. The normalized spacial score (nSPS) is 14.7. The molecule has 18 nitrogen and oxygen atoms in total. The van der Waals surface area contributed by atoms with Crippen LogP contribution >= 0.6 is 22.7 Å². The van der Waals surface area contributed by atoms with Gasteiger partial charge in [0.05, 0.1) is 68.7 Å². The van der Waals surface area contributed by atoms with Crippen LogP contribution in [0, 0.1) is 20.2 Å². The predicted octanol–water partition coefficient (Wildman–Crippen LogP) is 10.0. The quantitative estimate of drug-likeness (QED) is 0.0268. The number of aromatic nitrogens is 2. The largest absolute Gasteiger partial charge is 0.484 e. The van der Waals surface area contributed by atoms with Gasteiger partial charge in [-0.1, -0.05) is 50.7 Å². The van der Waals surface area contributed by atoms with Crippen LogP contribution in [0.15, 0.2) is 48.5 Å². The zero-order valence-corrected chi connectivity index (χ0v) is 39.0. The number of nitrogens with one attached hydrogen (secondary N) is 2. The topological polar surface area (TPSA) is 253 Å². The van der Waals surface area contributed by atoms with Crippen molar-refractivity contribution in [2.45, 2.75) is 76.0 Å². The smallest absolute Gasteiger partial charge is 0.348 e. The zero-order chi connectivity index (χ0) is 47.1. The number of aliphatic hydroxyl groups excluding tert-OH is 1. The van der Waals surface area contributed by atoms with Crippen LogP contribution in [0.3, 0.4) is 0 Å². The van der Waals surface area contributed by atoms with Gasteiger partial charge in [0, 0.05) is 23.3 Å². The number of fused-ring (bicyclic) bond motifs is 2. The van der Waals surface area contributed by atoms with Crippen LogP contribution in [0.5, 0.6) is 11.5 Å². The van der Waals surface area contributed by atoms with Crippen molar-refractivity contribution < 1.29 is 56.1 Å². The number of para-hydroxylation sites is 2. The van der Waals surface area contributed by atoms with Crippen molar-refractivity contribution in [1.29, 1.82) is 0 Å². The van der Waals surface area contributed by atoms with Gasteiger partial charge in [0.25, 0.3) is 10.1 Å². The first-order chi connectivity index (χ1) is 31.7. The van der Waals surface area contributed by atoms with Crippen LogP contribution in [0.25, 0.3) is 42.9 Å². The van der Waals surface area contributed by atoms with Crippen LogP contribution in [0.4, 0.5) is 11.4 Å². The average molecular weight is 967 g/mol. The number of carbonyl (C=O) groups is 2. The fourth-order valence-corrected chi connectivity index (χ4v) is 11.6. The van der Waals surface area contributed by atoms with E-state index in [2.05, 4.69) is 9.97 Å². The number of nitrogens with zero attached hydrogens (tertiary/aromatic N) is 2. The van der Waals surface area contributed by atoms with Crippen molar-refractivity contribution in [3.05, 3.63) is 89.6 Å². The Morgan fingerprint density at radius 3 is 1.50 bits per heavy atom. The Morgan fingerprint density at radius 1 is 0.697 bits per heavy atom. The number of hydrogen-bond acceptors (Lipinski definition) is 16. The van der Waals surface area contributed by atoms with Gasteiger partial charge in [0.1, 0.15) is 29.6 Å². The molecule has 21 heteroatoms. The number of aromatic amines is 2. The molecular formula is C45H50N4O14S3. The van der Waals surface area contributed by atoms with Gasteiger partial charge < -0.3 is 34.0 Å². The number of rotatable bonds is 16. The summed E-state index contributed by atoms with van der Waals surface area (Å²) >= 11 is 2.72. The Bertz CT molecular complexity index is 2850. The minimum Gasteiger partial charge on any atom is -0.484 e. The summed E-state index contributed by atoms with van der Waals surface area (Å²) in [7, 11) is -0.972. The van der Waals surface area contributed by atoms with Crippen LogP contribution in [0.2, 0.25) is 0 Å². The van der Waals surface area contributed by atoms with Gasteiger partial charge in [-0.2, -0.15) is 8.42 Å². The highest BCUT2D eigenvalue weighted by Gasteiger charge is 2.32. The maximum atomic E-state index is 12.1. The molecule has 2 aliphatic rings. The molecule has 4 heterocycles. The maximum absolute atomic E-state index is 12.1. The summed E-state index contributed by atoms with van der Waals surface area (Å²) in [6.07, 6.45) is 11.7. The van der Waals surface area contributed by atoms with E-state index in [1.54, 1.807) is 36.4 Å². The van der Waals surface area contributed by atoms with Gasteiger partial charge in [-0.3, -0.25) is 24.4 Å². The summed E-state index contributed by atoms with van der Waals surface area (Å²) in [5, 5.41) is 32.7. The van der Waals surface area contributed by atoms with Crippen LogP contribution in [-0.2, 0) is 23.8 Å². The van der Waals surface area contributed by atoms with Gasteiger partial charge >= 0.3 is 23.3 Å². The number of esters is 2. The number of nitro benzene ring substituents is 2. The lowest BCUT2D eigenvalue weighted by atomic mass is 9.83. The molecule has 0 bridgehead atoms. The lowest BCUT2D eigenvalue weighted by Gasteiger charge is -2.23. The molecule has 3 N–H and O–H groups in total. The Hall–Kier alpha value is -5.87. The van der Waals surface area contributed by atoms with Crippen LogP contribution < -0.4 is 9.47 Å². The van der Waals surface area contributed by atoms with Gasteiger partial charge in [-0.05, 0) is 72.9 Å². The number of thiophene rings is 2. The minimum atomic E-state index is -3.67. The summed E-state index contributed by atoms with van der Waals surface area (Å²) in [6, 6.07) is 13.0. The average Bonchev–Trinajstić information content (AvgIpc) is 4.09. The molecule has 2 aromatic carbocycles. The Balaban J connectivity index is 0.000000198. The summed E-state index contributed by atoms with van der Waals surface area (Å²) in [6.45, 7) is -0.755. The second-order valence-electron chi connectivity index (χ2n) is 16.0. The molecule has 66 heavy (non-hydrogen) atoms. The predicted molar refractivity (Wildman–Crippen MR) is 250 cm³/mol. The molecule has 8 rings (SSSR count). The van der Waals surface area contributed by atoms with Crippen molar-refractivity contribution in [2.75, 3.05) is 46.9 Å². The third-order valence-corrected chi connectivity index (χ3v) is 14.6. The third kappa shape index (κ3) is 10.5. The second-order valence-corrected chi connectivity index (χ2v) is 19.7. The van der Waals surface area contributed by atoms with E-state index in [0.717, 1.165) is 101 Å². The third-order valence-electron chi connectivity index (χ3n) is 11.7. The standard InChI is InChI=1S/C23H26N2O8S2.C22H24N2O6S/c1-31-23(26)18-13-16-22(34-18)19(14-7-4-3-5-8-14)20(24-16)15-9-6-10-17(25(27)28)21(15)32-11-12-33-35(2,29)30;1-29-22(26)17-12-15-21(31-17)18(13-6-3-2-4-7-13)19(23-15)14-8-5-9-16(24(27)28)20(14)30-11-10-25/h6,9-10,13-14,24H,3-5,7-8,11-12H2,1-2H3;5,8-9,12-13,23,25H,2-4,6-7,10-11H2,1H3. The van der Waals surface area contributed by atoms with E-state index in [9.17, 15) is 43.3 Å². The molecule has 0 atom stereocenters. The highest BCUT2D eigenvalue weighted by Crippen LogP contribution is 2.50. The summed E-state index contributed by atoms with van der Waals surface area (Å²) < 4.78 is 50.3. The molecule has 2 fully saturated rings. The number of benzene rings is 2. The summed E-state index contributed by atoms with van der Waals surface area (Å²) in [4.78, 5) is 54.4. The fourth-order valence-electron chi connectivity index (χ4n) is 8.90. The highest BCUT2D eigenvalue weighted by atomic mass is 32.2. The maximum Gasteiger partial charge on any atom is 0.348 e. The van der Waals surface area contributed by atoms with Crippen LogP contribution in [0.1, 0.15) is 107 Å².